The number of carbonyl (C=O) groups excluding carboxylic acids is 3. The number of furan rings is 1. The normalized spacial score (nSPS) is 18.4. The Bertz CT molecular complexity index is 884. The van der Waals surface area contributed by atoms with E-state index in [0.29, 0.717) is 25.0 Å². The van der Waals surface area contributed by atoms with E-state index in [1.54, 1.807) is 0 Å². The average Bonchev–Trinajstić information content (AvgIpc) is 3.27. The minimum absolute atomic E-state index is 0.117. The summed E-state index contributed by atoms with van der Waals surface area (Å²) in [7, 11) is 0. The monoisotopic (exact) mass is 381 g/mol. The zero-order chi connectivity index (χ0) is 19.6. The van der Waals surface area contributed by atoms with Crippen LogP contribution in [0.2, 0.25) is 0 Å². The lowest BCUT2D eigenvalue weighted by Gasteiger charge is -2.30. The first-order valence-corrected chi connectivity index (χ1v) is 9.68. The van der Waals surface area contributed by atoms with Crippen molar-refractivity contribution in [2.75, 3.05) is 0 Å². The van der Waals surface area contributed by atoms with Gasteiger partial charge in [0.15, 0.2) is 0 Å². The number of benzene rings is 1. The molecular weight excluding hydrogens is 358 g/mol. The zero-order valence-corrected chi connectivity index (χ0v) is 15.6. The van der Waals surface area contributed by atoms with Crippen LogP contribution in [0.3, 0.4) is 0 Å². The van der Waals surface area contributed by atoms with Gasteiger partial charge in [0.1, 0.15) is 17.1 Å². The summed E-state index contributed by atoms with van der Waals surface area (Å²) in [6.45, 7) is 0. The first kappa shape index (κ1) is 18.3. The van der Waals surface area contributed by atoms with Gasteiger partial charge in [-0.15, -0.1) is 0 Å². The first-order chi connectivity index (χ1) is 13.6. The fraction of sp³-hybridized carbons (Fsp3) is 0.381. The van der Waals surface area contributed by atoms with Crippen LogP contribution in [0.25, 0.3) is 11.3 Å². The molecule has 2 aliphatic rings. The highest BCUT2D eigenvalue weighted by Gasteiger charge is 2.52. The van der Waals surface area contributed by atoms with E-state index in [4.69, 9.17) is 4.42 Å². The molecule has 1 aliphatic carbocycles. The average molecular weight is 381 g/mol. The van der Waals surface area contributed by atoms with Crippen LogP contribution >= 0.6 is 0 Å². The van der Waals surface area contributed by atoms with Gasteiger partial charge in [0.2, 0.25) is 5.91 Å². The summed E-state index contributed by atoms with van der Waals surface area (Å²) < 4.78 is 5.78. The number of aryl methyl sites for hydroxylation is 1. The molecule has 146 valence electrons. The van der Waals surface area contributed by atoms with Crippen LogP contribution < -0.4 is 10.7 Å². The third-order valence-corrected chi connectivity index (χ3v) is 5.42. The Hall–Kier alpha value is -3.09. The molecule has 0 atom stereocenters. The Morgan fingerprint density at radius 3 is 2.57 bits per heavy atom. The summed E-state index contributed by atoms with van der Waals surface area (Å²) in [6, 6.07) is 12.9. The number of nitrogens with one attached hydrogen (secondary N) is 2. The number of amides is 4. The van der Waals surface area contributed by atoms with E-state index in [2.05, 4.69) is 10.7 Å². The Labute approximate surface area is 163 Å². The van der Waals surface area contributed by atoms with Crippen LogP contribution in [0.1, 0.15) is 44.3 Å². The Balaban J connectivity index is 1.33. The van der Waals surface area contributed by atoms with Gasteiger partial charge in [0.25, 0.3) is 5.91 Å². The second-order valence-corrected chi connectivity index (χ2v) is 7.38. The zero-order valence-electron chi connectivity index (χ0n) is 15.6. The van der Waals surface area contributed by atoms with E-state index in [1.807, 2.05) is 42.5 Å². The molecule has 4 amide bonds. The third-order valence-electron chi connectivity index (χ3n) is 5.42. The molecule has 2 fully saturated rings. The van der Waals surface area contributed by atoms with Crippen molar-refractivity contribution in [2.45, 2.75) is 50.5 Å². The van der Waals surface area contributed by atoms with E-state index in [0.717, 1.165) is 35.6 Å². The van der Waals surface area contributed by atoms with E-state index >= 15 is 0 Å². The molecule has 2 N–H and O–H groups in total. The van der Waals surface area contributed by atoms with Gasteiger partial charge in [0, 0.05) is 18.4 Å². The molecule has 7 heteroatoms. The number of nitrogens with zero attached hydrogens (tertiary/aromatic N) is 1. The largest absolute Gasteiger partial charge is 0.461 e. The van der Waals surface area contributed by atoms with Gasteiger partial charge in [-0.1, -0.05) is 49.6 Å². The summed E-state index contributed by atoms with van der Waals surface area (Å²) in [6.07, 6.45) is 4.61. The molecule has 1 aliphatic heterocycles. The molecule has 2 heterocycles. The van der Waals surface area contributed by atoms with Crippen LogP contribution in [0, 0.1) is 0 Å². The molecule has 1 spiro atoms. The quantitative estimate of drug-likeness (QED) is 0.778. The van der Waals surface area contributed by atoms with Crippen LogP contribution in [-0.4, -0.2) is 28.4 Å². The van der Waals surface area contributed by atoms with Gasteiger partial charge in [-0.05, 0) is 25.0 Å². The molecule has 7 nitrogen and oxygen atoms in total. The minimum atomic E-state index is -0.839. The number of hydrogen-bond donors (Lipinski definition) is 2. The fourth-order valence-electron chi connectivity index (χ4n) is 3.90. The fourth-order valence-corrected chi connectivity index (χ4v) is 3.90. The van der Waals surface area contributed by atoms with Crippen molar-refractivity contribution >= 4 is 17.8 Å². The highest BCUT2D eigenvalue weighted by Crippen LogP contribution is 2.33. The Kier molecular flexibility index (Phi) is 4.90. The number of urea groups is 1. The molecule has 28 heavy (non-hydrogen) atoms. The predicted molar refractivity (Wildman–Crippen MR) is 102 cm³/mol. The molecule has 1 saturated carbocycles. The SMILES string of the molecule is O=C(CCc1ccc(-c2ccccc2)o1)NN1C(=O)NC2(CCCCC2)C1=O. The summed E-state index contributed by atoms with van der Waals surface area (Å²) in [5, 5.41) is 3.61. The van der Waals surface area contributed by atoms with Gasteiger partial charge >= 0.3 is 6.03 Å². The third kappa shape index (κ3) is 3.52. The van der Waals surface area contributed by atoms with Crippen molar-refractivity contribution in [3.05, 3.63) is 48.2 Å². The maximum Gasteiger partial charge on any atom is 0.344 e. The van der Waals surface area contributed by atoms with Crippen molar-refractivity contribution in [3.63, 3.8) is 0 Å². The molecular formula is C21H23N3O4. The van der Waals surface area contributed by atoms with Gasteiger partial charge in [0.05, 0.1) is 0 Å². The molecule has 1 aromatic carbocycles. The van der Waals surface area contributed by atoms with E-state index in [9.17, 15) is 14.4 Å². The highest BCUT2D eigenvalue weighted by atomic mass is 16.3. The topological polar surface area (TPSA) is 91.7 Å². The maximum absolute atomic E-state index is 12.7. The Morgan fingerprint density at radius 2 is 1.82 bits per heavy atom. The second-order valence-electron chi connectivity index (χ2n) is 7.38. The molecule has 0 radical (unpaired) electrons. The van der Waals surface area contributed by atoms with Crippen LogP contribution in [-0.2, 0) is 16.0 Å². The lowest BCUT2D eigenvalue weighted by atomic mass is 9.82. The second kappa shape index (κ2) is 7.50. The summed E-state index contributed by atoms with van der Waals surface area (Å²) in [4.78, 5) is 37.1. The van der Waals surface area contributed by atoms with Crippen molar-refractivity contribution in [1.82, 2.24) is 15.8 Å². The summed E-state index contributed by atoms with van der Waals surface area (Å²) >= 11 is 0. The van der Waals surface area contributed by atoms with E-state index < -0.39 is 17.5 Å². The molecule has 0 unspecified atom stereocenters. The minimum Gasteiger partial charge on any atom is -0.461 e. The van der Waals surface area contributed by atoms with E-state index in [-0.39, 0.29) is 12.3 Å². The molecule has 2 aromatic rings. The van der Waals surface area contributed by atoms with Crippen LogP contribution in [0.15, 0.2) is 46.9 Å². The molecule has 0 bridgehead atoms. The van der Waals surface area contributed by atoms with Crippen molar-refractivity contribution in [2.24, 2.45) is 0 Å². The Morgan fingerprint density at radius 1 is 1.07 bits per heavy atom. The number of imide groups is 1. The number of rotatable bonds is 5. The standard InChI is InChI=1S/C21H23N3O4/c25-18(12-10-16-9-11-17(28-16)15-7-3-1-4-8-15)23-24-19(26)21(22-20(24)27)13-5-2-6-14-21/h1,3-4,7-9,11H,2,5-6,10,12-14H2,(H,22,27)(H,23,25). The van der Waals surface area contributed by atoms with Crippen molar-refractivity contribution < 1.29 is 18.8 Å². The van der Waals surface area contributed by atoms with Gasteiger partial charge in [-0.2, -0.15) is 5.01 Å². The highest BCUT2D eigenvalue weighted by molar-refractivity contribution is 6.08. The molecule has 4 rings (SSSR count). The summed E-state index contributed by atoms with van der Waals surface area (Å²) in [5.41, 5.74) is 2.58. The van der Waals surface area contributed by atoms with Crippen molar-refractivity contribution in [3.8, 4) is 11.3 Å². The van der Waals surface area contributed by atoms with Gasteiger partial charge in [-0.25, -0.2) is 4.79 Å². The van der Waals surface area contributed by atoms with Gasteiger partial charge in [-0.3, -0.25) is 15.0 Å². The smallest absolute Gasteiger partial charge is 0.344 e. The lowest BCUT2D eigenvalue weighted by molar-refractivity contribution is -0.139. The maximum atomic E-state index is 12.7. The van der Waals surface area contributed by atoms with Crippen LogP contribution in [0.4, 0.5) is 4.79 Å². The lowest BCUT2D eigenvalue weighted by Crippen LogP contribution is -2.50. The number of hydrazine groups is 1. The van der Waals surface area contributed by atoms with Crippen LogP contribution in [0.5, 0.6) is 0 Å². The van der Waals surface area contributed by atoms with E-state index in [1.165, 1.54) is 0 Å². The number of hydrogen-bond acceptors (Lipinski definition) is 4. The summed E-state index contributed by atoms with van der Waals surface area (Å²) in [5.74, 6) is 0.670. The molecule has 1 saturated heterocycles. The van der Waals surface area contributed by atoms with Gasteiger partial charge < -0.3 is 9.73 Å². The first-order valence-electron chi connectivity index (χ1n) is 9.68. The van der Waals surface area contributed by atoms with Crippen molar-refractivity contribution in [1.29, 1.82) is 0 Å². The molecule has 1 aromatic heterocycles. The predicted octanol–water partition coefficient (Wildman–Crippen LogP) is 3.17. The number of carbonyl (C=O) groups is 3.